The number of hydrogen-bond acceptors (Lipinski definition) is 3. The fraction of sp³-hybridized carbons (Fsp3) is 0.571. The second-order valence-electron chi connectivity index (χ2n) is 4.62. The first-order chi connectivity index (χ1) is 8.76. The van der Waals surface area contributed by atoms with E-state index in [1.165, 1.54) is 12.5 Å². The van der Waals surface area contributed by atoms with E-state index in [4.69, 9.17) is 5.73 Å². The van der Waals surface area contributed by atoms with Crippen molar-refractivity contribution < 1.29 is 4.39 Å². The Morgan fingerprint density at radius 1 is 1.50 bits per heavy atom. The van der Waals surface area contributed by atoms with Crippen molar-refractivity contribution in [2.75, 3.05) is 30.3 Å². The maximum absolute atomic E-state index is 13.9. The van der Waals surface area contributed by atoms with Crippen LogP contribution in [0.1, 0.15) is 18.9 Å². The number of rotatable bonds is 4. The zero-order chi connectivity index (χ0) is 13.0. The van der Waals surface area contributed by atoms with Gasteiger partial charge in [-0.1, -0.05) is 13.0 Å². The van der Waals surface area contributed by atoms with Crippen LogP contribution < -0.4 is 10.6 Å². The summed E-state index contributed by atoms with van der Waals surface area (Å²) in [6.45, 7) is 4.73. The molecule has 0 bridgehead atoms. The molecular formula is C14H21FN2S. The lowest BCUT2D eigenvalue weighted by Gasteiger charge is -2.35. The van der Waals surface area contributed by atoms with Gasteiger partial charge in [-0.2, -0.15) is 11.8 Å². The molecule has 1 saturated heterocycles. The van der Waals surface area contributed by atoms with Crippen LogP contribution in [0, 0.1) is 5.82 Å². The molecule has 1 aromatic carbocycles. The van der Waals surface area contributed by atoms with E-state index in [0.717, 1.165) is 30.1 Å². The van der Waals surface area contributed by atoms with Gasteiger partial charge in [0.25, 0.3) is 0 Å². The first-order valence-electron chi connectivity index (χ1n) is 6.60. The molecule has 1 aromatic rings. The van der Waals surface area contributed by atoms with Gasteiger partial charge in [-0.3, -0.25) is 0 Å². The Morgan fingerprint density at radius 2 is 2.33 bits per heavy atom. The normalized spacial score (nSPS) is 20.2. The molecule has 0 amide bonds. The second kappa shape index (κ2) is 6.43. The molecular weight excluding hydrogens is 247 g/mol. The van der Waals surface area contributed by atoms with E-state index in [-0.39, 0.29) is 5.82 Å². The summed E-state index contributed by atoms with van der Waals surface area (Å²) in [5.41, 5.74) is 7.41. The average molecular weight is 268 g/mol. The third-order valence-electron chi connectivity index (χ3n) is 3.42. The number of anilines is 1. The van der Waals surface area contributed by atoms with Crippen LogP contribution in [-0.4, -0.2) is 30.6 Å². The fourth-order valence-electron chi connectivity index (χ4n) is 2.42. The summed E-state index contributed by atoms with van der Waals surface area (Å²) in [4.78, 5) is 2.32. The lowest BCUT2D eigenvalue weighted by Crippen LogP contribution is -2.38. The molecule has 1 aliphatic heterocycles. The van der Waals surface area contributed by atoms with E-state index < -0.39 is 0 Å². The zero-order valence-electron chi connectivity index (χ0n) is 10.9. The standard InChI is InChI=1S/C14H21FN2S/c1-2-11-10-17(8-9-18-11)14-5-3-4-13(15)12(14)6-7-16/h3-5,11H,2,6-10,16H2,1H3. The molecule has 100 valence electrons. The lowest BCUT2D eigenvalue weighted by molar-refractivity contribution is 0.606. The Morgan fingerprint density at radius 3 is 3.06 bits per heavy atom. The molecule has 0 aromatic heterocycles. The average Bonchev–Trinajstić information content (AvgIpc) is 2.41. The Bertz CT molecular complexity index is 397. The molecule has 1 unspecified atom stereocenters. The third-order valence-corrected chi connectivity index (χ3v) is 4.80. The van der Waals surface area contributed by atoms with Crippen LogP contribution in [0.15, 0.2) is 18.2 Å². The summed E-state index contributed by atoms with van der Waals surface area (Å²) in [5.74, 6) is 1.00. The maximum atomic E-state index is 13.9. The van der Waals surface area contributed by atoms with Gasteiger partial charge in [0.15, 0.2) is 0 Å². The minimum atomic E-state index is -0.121. The minimum absolute atomic E-state index is 0.121. The number of halogens is 1. The molecule has 0 spiro atoms. The van der Waals surface area contributed by atoms with Crippen LogP contribution in [0.2, 0.25) is 0 Å². The summed E-state index contributed by atoms with van der Waals surface area (Å²) in [5, 5.41) is 0.660. The summed E-state index contributed by atoms with van der Waals surface area (Å²) < 4.78 is 13.9. The highest BCUT2D eigenvalue weighted by Gasteiger charge is 2.21. The number of nitrogens with zero attached hydrogens (tertiary/aromatic N) is 1. The van der Waals surface area contributed by atoms with Crippen LogP contribution >= 0.6 is 11.8 Å². The largest absolute Gasteiger partial charge is 0.369 e. The summed E-state index contributed by atoms with van der Waals surface area (Å²) in [6.07, 6.45) is 1.78. The van der Waals surface area contributed by atoms with Gasteiger partial charge in [-0.15, -0.1) is 0 Å². The number of thioether (sulfide) groups is 1. The van der Waals surface area contributed by atoms with Gasteiger partial charge in [-0.25, -0.2) is 4.39 Å². The van der Waals surface area contributed by atoms with E-state index in [9.17, 15) is 4.39 Å². The summed E-state index contributed by atoms with van der Waals surface area (Å²) in [7, 11) is 0. The van der Waals surface area contributed by atoms with Crippen LogP contribution in [0.4, 0.5) is 10.1 Å². The maximum Gasteiger partial charge on any atom is 0.128 e. The smallest absolute Gasteiger partial charge is 0.128 e. The summed E-state index contributed by atoms with van der Waals surface area (Å²) >= 11 is 2.02. The van der Waals surface area contributed by atoms with E-state index in [0.29, 0.717) is 18.2 Å². The Balaban J connectivity index is 2.23. The van der Waals surface area contributed by atoms with Gasteiger partial charge in [0.1, 0.15) is 5.82 Å². The van der Waals surface area contributed by atoms with E-state index >= 15 is 0 Å². The molecule has 2 nitrogen and oxygen atoms in total. The van der Waals surface area contributed by atoms with E-state index in [1.807, 2.05) is 17.8 Å². The van der Waals surface area contributed by atoms with Gasteiger partial charge >= 0.3 is 0 Å². The molecule has 1 aliphatic rings. The molecule has 0 radical (unpaired) electrons. The first kappa shape index (κ1) is 13.7. The Kier molecular flexibility index (Phi) is 4.89. The summed E-state index contributed by atoms with van der Waals surface area (Å²) in [6, 6.07) is 5.36. The predicted octanol–water partition coefficient (Wildman–Crippen LogP) is 2.66. The molecule has 2 N–H and O–H groups in total. The van der Waals surface area contributed by atoms with Crippen molar-refractivity contribution in [2.45, 2.75) is 25.0 Å². The molecule has 2 rings (SSSR count). The minimum Gasteiger partial charge on any atom is -0.369 e. The highest BCUT2D eigenvalue weighted by atomic mass is 32.2. The third kappa shape index (κ3) is 2.98. The van der Waals surface area contributed by atoms with E-state index in [2.05, 4.69) is 11.8 Å². The Hall–Kier alpha value is -0.740. The topological polar surface area (TPSA) is 29.3 Å². The Labute approximate surface area is 113 Å². The van der Waals surface area contributed by atoms with Gasteiger partial charge in [0.2, 0.25) is 0 Å². The van der Waals surface area contributed by atoms with Crippen molar-refractivity contribution in [3.8, 4) is 0 Å². The zero-order valence-corrected chi connectivity index (χ0v) is 11.7. The highest BCUT2D eigenvalue weighted by molar-refractivity contribution is 8.00. The van der Waals surface area contributed by atoms with Gasteiger partial charge in [0, 0.05) is 35.3 Å². The van der Waals surface area contributed by atoms with Crippen molar-refractivity contribution in [3.63, 3.8) is 0 Å². The number of hydrogen-bond donors (Lipinski definition) is 1. The molecule has 0 saturated carbocycles. The van der Waals surface area contributed by atoms with Crippen molar-refractivity contribution >= 4 is 17.4 Å². The van der Waals surface area contributed by atoms with Crippen LogP contribution in [0.25, 0.3) is 0 Å². The van der Waals surface area contributed by atoms with Crippen LogP contribution in [-0.2, 0) is 6.42 Å². The molecule has 0 aliphatic carbocycles. The van der Waals surface area contributed by atoms with Gasteiger partial charge < -0.3 is 10.6 Å². The molecule has 4 heteroatoms. The van der Waals surface area contributed by atoms with Gasteiger partial charge in [-0.05, 0) is 31.5 Å². The quantitative estimate of drug-likeness (QED) is 0.910. The molecule has 1 fully saturated rings. The molecule has 18 heavy (non-hydrogen) atoms. The molecule has 1 heterocycles. The predicted molar refractivity (Wildman–Crippen MR) is 77.9 cm³/mol. The monoisotopic (exact) mass is 268 g/mol. The van der Waals surface area contributed by atoms with Crippen LogP contribution in [0.3, 0.4) is 0 Å². The van der Waals surface area contributed by atoms with Crippen LogP contribution in [0.5, 0.6) is 0 Å². The second-order valence-corrected chi connectivity index (χ2v) is 6.03. The van der Waals surface area contributed by atoms with Crippen molar-refractivity contribution in [2.24, 2.45) is 5.73 Å². The highest BCUT2D eigenvalue weighted by Crippen LogP contribution is 2.29. The van der Waals surface area contributed by atoms with Crippen molar-refractivity contribution in [1.29, 1.82) is 0 Å². The van der Waals surface area contributed by atoms with Gasteiger partial charge in [0.05, 0.1) is 0 Å². The number of benzene rings is 1. The van der Waals surface area contributed by atoms with Crippen molar-refractivity contribution in [1.82, 2.24) is 0 Å². The number of nitrogens with two attached hydrogens (primary N) is 1. The fourth-order valence-corrected chi connectivity index (χ4v) is 3.60. The first-order valence-corrected chi connectivity index (χ1v) is 7.65. The lowest BCUT2D eigenvalue weighted by atomic mass is 10.1. The molecule has 1 atom stereocenters. The SMILES string of the molecule is CCC1CN(c2cccc(F)c2CCN)CCS1. The van der Waals surface area contributed by atoms with E-state index in [1.54, 1.807) is 6.07 Å². The van der Waals surface area contributed by atoms with Crippen molar-refractivity contribution in [3.05, 3.63) is 29.6 Å².